The van der Waals surface area contributed by atoms with Crippen LogP contribution in [0.5, 0.6) is 5.88 Å². The van der Waals surface area contributed by atoms with Crippen LogP contribution in [-0.4, -0.2) is 56.4 Å². The standard InChI is InChI=1S/C17H25FN4O4S/c1-13(23)20-10-14-4-6-22(7-5-14)27(24,25)16-2-3-17(21-11-16)26-12-15(8-18)9-19/h2-3,8,11,14H,4-7,9-10,12,19H2,1H3,(H,20,23)/b15-8+. The molecule has 1 aromatic rings. The average Bonchev–Trinajstić information content (AvgIpc) is 2.68. The molecule has 8 nitrogen and oxygen atoms in total. The largest absolute Gasteiger partial charge is 0.473 e. The zero-order chi connectivity index (χ0) is 19.9. The summed E-state index contributed by atoms with van der Waals surface area (Å²) >= 11 is 0. The van der Waals surface area contributed by atoms with Gasteiger partial charge in [-0.3, -0.25) is 4.79 Å². The molecule has 1 saturated heterocycles. The number of nitrogens with zero attached hydrogens (tertiary/aromatic N) is 2. The van der Waals surface area contributed by atoms with E-state index in [0.717, 1.165) is 0 Å². The number of halogens is 1. The Morgan fingerprint density at radius 3 is 2.67 bits per heavy atom. The molecule has 0 aromatic carbocycles. The topological polar surface area (TPSA) is 115 Å². The van der Waals surface area contributed by atoms with E-state index < -0.39 is 10.0 Å². The van der Waals surface area contributed by atoms with Gasteiger partial charge in [-0.25, -0.2) is 17.8 Å². The Kier molecular flexibility index (Phi) is 7.69. The Morgan fingerprint density at radius 2 is 2.15 bits per heavy atom. The highest BCUT2D eigenvalue weighted by molar-refractivity contribution is 7.89. The van der Waals surface area contributed by atoms with Crippen LogP contribution >= 0.6 is 0 Å². The summed E-state index contributed by atoms with van der Waals surface area (Å²) in [5.41, 5.74) is 5.61. The second-order valence-corrected chi connectivity index (χ2v) is 8.31. The lowest BCUT2D eigenvalue weighted by molar-refractivity contribution is -0.119. The van der Waals surface area contributed by atoms with Crippen molar-refractivity contribution in [2.75, 3.05) is 32.8 Å². The highest BCUT2D eigenvalue weighted by Gasteiger charge is 2.29. The molecule has 0 atom stereocenters. The van der Waals surface area contributed by atoms with E-state index in [0.29, 0.717) is 38.8 Å². The predicted molar refractivity (Wildman–Crippen MR) is 98.1 cm³/mol. The zero-order valence-corrected chi connectivity index (χ0v) is 16.0. The molecule has 1 fully saturated rings. The zero-order valence-electron chi connectivity index (χ0n) is 15.2. The first-order chi connectivity index (χ1) is 12.9. The smallest absolute Gasteiger partial charge is 0.244 e. The molecule has 0 saturated carbocycles. The van der Waals surface area contributed by atoms with Gasteiger partial charge in [-0.05, 0) is 24.8 Å². The summed E-state index contributed by atoms with van der Waals surface area (Å²) in [5.74, 6) is 0.379. The van der Waals surface area contributed by atoms with Gasteiger partial charge in [-0.1, -0.05) is 0 Å². The summed E-state index contributed by atoms with van der Waals surface area (Å²) in [6.45, 7) is 2.80. The number of piperidine rings is 1. The van der Waals surface area contributed by atoms with Crippen LogP contribution < -0.4 is 15.8 Å². The van der Waals surface area contributed by atoms with Crippen molar-refractivity contribution in [3.05, 3.63) is 30.2 Å². The molecule has 0 bridgehead atoms. The monoisotopic (exact) mass is 400 g/mol. The fraction of sp³-hybridized carbons (Fsp3) is 0.529. The summed E-state index contributed by atoms with van der Waals surface area (Å²) in [7, 11) is -3.64. The number of carbonyl (C=O) groups is 1. The highest BCUT2D eigenvalue weighted by atomic mass is 32.2. The molecule has 0 spiro atoms. The molecule has 1 aromatic heterocycles. The van der Waals surface area contributed by atoms with Gasteiger partial charge in [0.25, 0.3) is 0 Å². The normalized spacial score (nSPS) is 16.9. The van der Waals surface area contributed by atoms with Gasteiger partial charge in [0.1, 0.15) is 11.5 Å². The van der Waals surface area contributed by atoms with Crippen LogP contribution in [0.15, 0.2) is 35.1 Å². The first kappa shape index (κ1) is 21.3. The van der Waals surface area contributed by atoms with Crippen LogP contribution in [0.4, 0.5) is 4.39 Å². The second kappa shape index (κ2) is 9.77. The Labute approximate surface area is 158 Å². The van der Waals surface area contributed by atoms with Gasteiger partial charge in [0, 0.05) is 44.7 Å². The minimum Gasteiger partial charge on any atom is -0.473 e. The van der Waals surface area contributed by atoms with Gasteiger partial charge in [-0.2, -0.15) is 4.31 Å². The number of hydrogen-bond acceptors (Lipinski definition) is 6. The molecule has 0 aliphatic carbocycles. The number of carbonyl (C=O) groups excluding carboxylic acids is 1. The highest BCUT2D eigenvalue weighted by Crippen LogP contribution is 2.24. The molecule has 2 rings (SSSR count). The fourth-order valence-electron chi connectivity index (χ4n) is 2.70. The minimum atomic E-state index is -3.64. The minimum absolute atomic E-state index is 0.0286. The predicted octanol–water partition coefficient (Wildman–Crippen LogP) is 0.809. The van der Waals surface area contributed by atoms with E-state index in [1.165, 1.54) is 29.6 Å². The van der Waals surface area contributed by atoms with Gasteiger partial charge >= 0.3 is 0 Å². The number of amides is 1. The van der Waals surface area contributed by atoms with E-state index >= 15 is 0 Å². The average molecular weight is 400 g/mol. The summed E-state index contributed by atoms with van der Waals surface area (Å²) in [6.07, 6.45) is 2.99. The number of pyridine rings is 1. The van der Waals surface area contributed by atoms with Crippen molar-refractivity contribution in [1.29, 1.82) is 0 Å². The molecule has 1 amide bonds. The molecule has 27 heavy (non-hydrogen) atoms. The lowest BCUT2D eigenvalue weighted by atomic mass is 9.98. The third-order valence-corrected chi connectivity index (χ3v) is 6.26. The van der Waals surface area contributed by atoms with Crippen LogP contribution in [0, 0.1) is 5.92 Å². The summed E-state index contributed by atoms with van der Waals surface area (Å²) in [5, 5.41) is 2.77. The van der Waals surface area contributed by atoms with Crippen molar-refractivity contribution in [2.24, 2.45) is 11.7 Å². The summed E-state index contributed by atoms with van der Waals surface area (Å²) in [4.78, 5) is 15.0. The van der Waals surface area contributed by atoms with Crippen LogP contribution in [0.25, 0.3) is 0 Å². The van der Waals surface area contributed by atoms with E-state index in [4.69, 9.17) is 10.5 Å². The maximum Gasteiger partial charge on any atom is 0.244 e. The van der Waals surface area contributed by atoms with E-state index in [2.05, 4.69) is 10.3 Å². The van der Waals surface area contributed by atoms with Gasteiger partial charge < -0.3 is 15.8 Å². The van der Waals surface area contributed by atoms with Crippen LogP contribution in [0.2, 0.25) is 0 Å². The molecule has 3 N–H and O–H groups in total. The van der Waals surface area contributed by atoms with Crippen molar-refractivity contribution in [3.8, 4) is 5.88 Å². The van der Waals surface area contributed by atoms with Crippen molar-refractivity contribution in [2.45, 2.75) is 24.7 Å². The maximum absolute atomic E-state index is 12.7. The number of aromatic nitrogens is 1. The Bertz CT molecular complexity index is 760. The maximum atomic E-state index is 12.7. The Hall–Kier alpha value is -2.04. The summed E-state index contributed by atoms with van der Waals surface area (Å²) in [6, 6.07) is 2.85. The number of nitrogens with two attached hydrogens (primary N) is 1. The number of ether oxygens (including phenoxy) is 1. The molecule has 150 valence electrons. The SMILES string of the molecule is CC(=O)NCC1CCN(S(=O)(=O)c2ccc(OC/C(=C/F)CN)nc2)CC1. The molecular formula is C17H25FN4O4S. The number of hydrogen-bond donors (Lipinski definition) is 2. The fourth-order valence-corrected chi connectivity index (χ4v) is 4.11. The first-order valence-electron chi connectivity index (χ1n) is 8.68. The lowest BCUT2D eigenvalue weighted by Crippen LogP contribution is -2.41. The third kappa shape index (κ3) is 5.98. The van der Waals surface area contributed by atoms with E-state index in [1.807, 2.05) is 0 Å². The molecule has 1 aliphatic rings. The number of nitrogens with one attached hydrogen (secondary N) is 1. The quantitative estimate of drug-likeness (QED) is 0.667. The first-order valence-corrected chi connectivity index (χ1v) is 10.1. The molecular weight excluding hydrogens is 375 g/mol. The van der Waals surface area contributed by atoms with Crippen molar-refractivity contribution in [1.82, 2.24) is 14.6 Å². The van der Waals surface area contributed by atoms with E-state index in [9.17, 15) is 17.6 Å². The Morgan fingerprint density at radius 1 is 1.44 bits per heavy atom. The van der Waals surface area contributed by atoms with Crippen molar-refractivity contribution < 1.29 is 22.3 Å². The van der Waals surface area contributed by atoms with Crippen LogP contribution in [0.1, 0.15) is 19.8 Å². The van der Waals surface area contributed by atoms with E-state index in [-0.39, 0.29) is 41.3 Å². The van der Waals surface area contributed by atoms with Crippen molar-refractivity contribution >= 4 is 15.9 Å². The van der Waals surface area contributed by atoms with Crippen LogP contribution in [-0.2, 0) is 14.8 Å². The molecule has 1 aliphatic heterocycles. The molecule has 2 heterocycles. The third-order valence-electron chi connectivity index (χ3n) is 4.38. The van der Waals surface area contributed by atoms with Gasteiger partial charge in [0.2, 0.25) is 21.8 Å². The second-order valence-electron chi connectivity index (χ2n) is 6.38. The molecule has 0 radical (unpaired) electrons. The van der Waals surface area contributed by atoms with Crippen LogP contribution in [0.3, 0.4) is 0 Å². The van der Waals surface area contributed by atoms with Crippen molar-refractivity contribution in [3.63, 3.8) is 0 Å². The van der Waals surface area contributed by atoms with Gasteiger partial charge in [0.15, 0.2) is 0 Å². The van der Waals surface area contributed by atoms with Gasteiger partial charge in [-0.15, -0.1) is 0 Å². The van der Waals surface area contributed by atoms with Gasteiger partial charge in [0.05, 0.1) is 12.5 Å². The number of rotatable bonds is 8. The lowest BCUT2D eigenvalue weighted by Gasteiger charge is -2.31. The number of sulfonamides is 1. The Balaban J connectivity index is 1.94. The van der Waals surface area contributed by atoms with E-state index in [1.54, 1.807) is 0 Å². The molecule has 10 heteroatoms. The molecule has 0 unspecified atom stereocenters. The summed E-state index contributed by atoms with van der Waals surface area (Å²) < 4.78 is 44.6.